The molecule has 0 aliphatic rings. The van der Waals surface area contributed by atoms with Gasteiger partial charge in [0.1, 0.15) is 0 Å². The van der Waals surface area contributed by atoms with E-state index in [1.807, 2.05) is 24.0 Å². The summed E-state index contributed by atoms with van der Waals surface area (Å²) in [6.45, 7) is 2.53. The fourth-order valence-electron chi connectivity index (χ4n) is 1.28. The van der Waals surface area contributed by atoms with Gasteiger partial charge in [0, 0.05) is 26.2 Å². The molecular formula is C10H17FN4O2. The van der Waals surface area contributed by atoms with Crippen LogP contribution in [-0.4, -0.2) is 48.2 Å². The minimum Gasteiger partial charge on any atom is -0.314 e. The molecule has 0 saturated carbocycles. The molecule has 17 heavy (non-hydrogen) atoms. The molecule has 0 saturated heterocycles. The number of hydrogen-bond acceptors (Lipinski definition) is 4. The molecule has 0 aliphatic carbocycles. The van der Waals surface area contributed by atoms with Gasteiger partial charge in [0.15, 0.2) is 0 Å². The molecule has 1 heterocycles. The van der Waals surface area contributed by atoms with Crippen molar-refractivity contribution < 1.29 is 4.39 Å². The Morgan fingerprint density at radius 2 is 2.12 bits per heavy atom. The average molecular weight is 244 g/mol. The number of nitrogens with one attached hydrogen (secondary N) is 2. The standard InChI is InChI=1S/C10H17FN4O2/c1-14(2)5-3-12-4-6-15-7-8(11)9(16)13-10(15)17/h7,12H,3-6H2,1-2H3,(H,13,16,17). The van der Waals surface area contributed by atoms with Gasteiger partial charge in [0.05, 0.1) is 6.20 Å². The third-order valence-corrected chi connectivity index (χ3v) is 2.23. The zero-order valence-corrected chi connectivity index (χ0v) is 9.99. The lowest BCUT2D eigenvalue weighted by molar-refractivity contribution is 0.396. The van der Waals surface area contributed by atoms with Crippen molar-refractivity contribution in [2.75, 3.05) is 33.7 Å². The zero-order valence-electron chi connectivity index (χ0n) is 9.99. The number of rotatable bonds is 6. The van der Waals surface area contributed by atoms with E-state index in [1.165, 1.54) is 0 Å². The molecule has 6 nitrogen and oxygen atoms in total. The van der Waals surface area contributed by atoms with E-state index < -0.39 is 17.1 Å². The van der Waals surface area contributed by atoms with Crippen LogP contribution in [0.1, 0.15) is 0 Å². The lowest BCUT2D eigenvalue weighted by Crippen LogP contribution is -2.35. The van der Waals surface area contributed by atoms with E-state index in [0.717, 1.165) is 23.9 Å². The Hall–Kier alpha value is -1.47. The van der Waals surface area contributed by atoms with Gasteiger partial charge in [0.25, 0.3) is 5.56 Å². The van der Waals surface area contributed by atoms with Crippen LogP contribution in [0.2, 0.25) is 0 Å². The molecule has 2 N–H and O–H groups in total. The monoisotopic (exact) mass is 244 g/mol. The summed E-state index contributed by atoms with van der Waals surface area (Å²) in [4.78, 5) is 26.0. The summed E-state index contributed by atoms with van der Waals surface area (Å²) < 4.78 is 14.0. The highest BCUT2D eigenvalue weighted by molar-refractivity contribution is 4.87. The van der Waals surface area contributed by atoms with Crippen molar-refractivity contribution >= 4 is 0 Å². The summed E-state index contributed by atoms with van der Waals surface area (Å²) in [5.74, 6) is -0.946. The number of nitrogens with zero attached hydrogens (tertiary/aromatic N) is 2. The van der Waals surface area contributed by atoms with E-state index in [4.69, 9.17) is 0 Å². The zero-order chi connectivity index (χ0) is 12.8. The van der Waals surface area contributed by atoms with Crippen LogP contribution in [0.4, 0.5) is 4.39 Å². The van der Waals surface area contributed by atoms with Gasteiger partial charge >= 0.3 is 5.69 Å². The Morgan fingerprint density at radius 1 is 1.41 bits per heavy atom. The van der Waals surface area contributed by atoms with Crippen LogP contribution in [0.5, 0.6) is 0 Å². The Labute approximate surface area is 98.1 Å². The van der Waals surface area contributed by atoms with Crippen LogP contribution in [-0.2, 0) is 6.54 Å². The molecule has 1 aromatic heterocycles. The Morgan fingerprint density at radius 3 is 2.76 bits per heavy atom. The summed E-state index contributed by atoms with van der Waals surface area (Å²) >= 11 is 0. The van der Waals surface area contributed by atoms with E-state index in [0.29, 0.717) is 13.1 Å². The van der Waals surface area contributed by atoms with Crippen molar-refractivity contribution in [3.63, 3.8) is 0 Å². The summed E-state index contributed by atoms with van der Waals surface area (Å²) in [5.41, 5.74) is -1.57. The van der Waals surface area contributed by atoms with E-state index >= 15 is 0 Å². The first-order valence-electron chi connectivity index (χ1n) is 5.35. The Bertz CT molecular complexity index is 466. The molecule has 96 valence electrons. The molecule has 0 fully saturated rings. The van der Waals surface area contributed by atoms with Gasteiger partial charge in [-0.25, -0.2) is 4.79 Å². The first-order chi connectivity index (χ1) is 8.00. The quantitative estimate of drug-likeness (QED) is 0.618. The van der Waals surface area contributed by atoms with Gasteiger partial charge in [-0.3, -0.25) is 14.3 Å². The molecule has 0 unspecified atom stereocenters. The molecule has 1 rings (SSSR count). The molecule has 0 aliphatic heterocycles. The topological polar surface area (TPSA) is 70.1 Å². The largest absolute Gasteiger partial charge is 0.328 e. The maximum absolute atomic E-state index is 12.9. The highest BCUT2D eigenvalue weighted by Gasteiger charge is 2.02. The van der Waals surface area contributed by atoms with E-state index in [2.05, 4.69) is 5.32 Å². The van der Waals surface area contributed by atoms with Crippen LogP contribution >= 0.6 is 0 Å². The second-order valence-corrected chi connectivity index (χ2v) is 3.98. The Balaban J connectivity index is 2.45. The smallest absolute Gasteiger partial charge is 0.314 e. The minimum absolute atomic E-state index is 0.319. The van der Waals surface area contributed by atoms with Crippen LogP contribution in [0.15, 0.2) is 15.8 Å². The van der Waals surface area contributed by atoms with Crippen LogP contribution in [0.3, 0.4) is 0 Å². The molecule has 0 atom stereocenters. The van der Waals surface area contributed by atoms with Crippen molar-refractivity contribution in [1.29, 1.82) is 0 Å². The molecular weight excluding hydrogens is 227 g/mol. The minimum atomic E-state index is -0.980. The van der Waals surface area contributed by atoms with Gasteiger partial charge in [-0.05, 0) is 14.1 Å². The van der Waals surface area contributed by atoms with Gasteiger partial charge in [-0.1, -0.05) is 0 Å². The van der Waals surface area contributed by atoms with Crippen molar-refractivity contribution in [2.45, 2.75) is 6.54 Å². The lowest BCUT2D eigenvalue weighted by Gasteiger charge is -2.10. The fourth-order valence-corrected chi connectivity index (χ4v) is 1.28. The second kappa shape index (κ2) is 6.31. The van der Waals surface area contributed by atoms with Crippen molar-refractivity contribution in [3.05, 3.63) is 32.9 Å². The maximum Gasteiger partial charge on any atom is 0.328 e. The highest BCUT2D eigenvalue weighted by Crippen LogP contribution is 1.83. The molecule has 7 heteroatoms. The summed E-state index contributed by atoms with van der Waals surface area (Å²) in [7, 11) is 3.92. The number of aromatic amines is 1. The molecule has 0 radical (unpaired) electrons. The van der Waals surface area contributed by atoms with Gasteiger partial charge in [0.2, 0.25) is 5.82 Å². The van der Waals surface area contributed by atoms with Gasteiger partial charge in [-0.15, -0.1) is 0 Å². The number of likely N-dealkylation sites (N-methyl/N-ethyl adjacent to an activating group) is 1. The van der Waals surface area contributed by atoms with E-state index in [9.17, 15) is 14.0 Å². The summed E-state index contributed by atoms with van der Waals surface area (Å²) in [5, 5.41) is 3.11. The van der Waals surface area contributed by atoms with Crippen LogP contribution in [0.25, 0.3) is 0 Å². The molecule has 0 amide bonds. The third kappa shape index (κ3) is 4.49. The first kappa shape index (κ1) is 13.6. The maximum atomic E-state index is 12.9. The van der Waals surface area contributed by atoms with Crippen LogP contribution in [0, 0.1) is 5.82 Å². The molecule has 0 bridgehead atoms. The van der Waals surface area contributed by atoms with E-state index in [1.54, 1.807) is 0 Å². The third-order valence-electron chi connectivity index (χ3n) is 2.23. The normalized spacial score (nSPS) is 11.1. The van der Waals surface area contributed by atoms with Crippen molar-refractivity contribution in [3.8, 4) is 0 Å². The Kier molecular flexibility index (Phi) is 5.05. The number of hydrogen-bond donors (Lipinski definition) is 2. The molecule has 0 spiro atoms. The van der Waals surface area contributed by atoms with Gasteiger partial charge < -0.3 is 10.2 Å². The predicted molar refractivity (Wildman–Crippen MR) is 62.7 cm³/mol. The fraction of sp³-hybridized carbons (Fsp3) is 0.600. The number of H-pyrrole nitrogens is 1. The molecule has 1 aromatic rings. The predicted octanol–water partition coefficient (Wildman–Crippen LogP) is -1.17. The first-order valence-corrected chi connectivity index (χ1v) is 5.35. The number of aromatic nitrogens is 2. The van der Waals surface area contributed by atoms with Crippen molar-refractivity contribution in [1.82, 2.24) is 19.8 Å². The van der Waals surface area contributed by atoms with Gasteiger partial charge in [-0.2, -0.15) is 4.39 Å². The number of halogens is 1. The SMILES string of the molecule is CN(C)CCNCCn1cc(F)c(=O)[nH]c1=O. The second-order valence-electron chi connectivity index (χ2n) is 3.98. The van der Waals surface area contributed by atoms with E-state index in [-0.39, 0.29) is 0 Å². The lowest BCUT2D eigenvalue weighted by atomic mass is 10.5. The average Bonchev–Trinajstić information content (AvgIpc) is 2.24. The highest BCUT2D eigenvalue weighted by atomic mass is 19.1. The summed E-state index contributed by atoms with van der Waals surface area (Å²) in [6, 6.07) is 0. The van der Waals surface area contributed by atoms with Crippen LogP contribution < -0.4 is 16.6 Å². The van der Waals surface area contributed by atoms with Crippen molar-refractivity contribution in [2.24, 2.45) is 0 Å². The molecule has 0 aromatic carbocycles. The summed E-state index contributed by atoms with van der Waals surface area (Å²) in [6.07, 6.45) is 0.925.